The van der Waals surface area contributed by atoms with Crippen molar-refractivity contribution in [1.29, 1.82) is 0 Å². The van der Waals surface area contributed by atoms with Crippen LogP contribution in [0.25, 0.3) is 44.8 Å². The number of hydrogen-bond donors (Lipinski definition) is 1. The van der Waals surface area contributed by atoms with Crippen LogP contribution >= 0.6 is 0 Å². The lowest BCUT2D eigenvalue weighted by Crippen LogP contribution is -2.11. The third-order valence-corrected chi connectivity index (χ3v) is 8.29. The summed E-state index contributed by atoms with van der Waals surface area (Å²) in [6.45, 7) is 15.2. The predicted octanol–water partition coefficient (Wildman–Crippen LogP) is 11.2. The number of aryl methyl sites for hydroxylation is 1. The molecule has 0 aliphatic heterocycles. The Labute approximate surface area is 266 Å². The minimum Gasteiger partial charge on any atom is -0.507 e. The van der Waals surface area contributed by atoms with Gasteiger partial charge in [-0.05, 0) is 88.0 Å². The molecular formula is C41H40N2O2. The molecule has 0 fully saturated rings. The van der Waals surface area contributed by atoms with Crippen LogP contribution < -0.4 is 0 Å². The number of phenols is 1. The summed E-state index contributed by atoms with van der Waals surface area (Å²) in [7, 11) is 0. The molecule has 0 spiro atoms. The Kier molecular flexibility index (Phi) is 7.70. The molecule has 6 rings (SSSR count). The van der Waals surface area contributed by atoms with Gasteiger partial charge in [-0.25, -0.2) is 4.98 Å². The quantitative estimate of drug-likeness (QED) is 0.203. The van der Waals surface area contributed by atoms with E-state index in [1.54, 1.807) is 12.3 Å². The first-order valence-corrected chi connectivity index (χ1v) is 15.5. The van der Waals surface area contributed by atoms with Crippen molar-refractivity contribution in [1.82, 2.24) is 4.98 Å². The Morgan fingerprint density at radius 3 is 2.11 bits per heavy atom. The zero-order chi connectivity index (χ0) is 31.9. The monoisotopic (exact) mass is 592 g/mol. The summed E-state index contributed by atoms with van der Waals surface area (Å²) in [4.78, 5) is 9.90. The molecule has 5 aromatic carbocycles. The number of oxazole rings is 1. The first kappa shape index (κ1) is 30.1. The number of fused-ring (bicyclic) bond motifs is 1. The first-order valence-electron chi connectivity index (χ1n) is 15.5. The maximum atomic E-state index is 10.6. The van der Waals surface area contributed by atoms with Gasteiger partial charge >= 0.3 is 0 Å². The van der Waals surface area contributed by atoms with E-state index in [1.165, 1.54) is 16.7 Å². The number of aliphatic imine (C=N–C) groups is 1. The van der Waals surface area contributed by atoms with E-state index in [2.05, 4.69) is 109 Å². The second-order valence-electron chi connectivity index (χ2n) is 13.9. The van der Waals surface area contributed by atoms with Gasteiger partial charge in [-0.2, -0.15) is 0 Å². The van der Waals surface area contributed by atoms with E-state index in [0.717, 1.165) is 38.9 Å². The highest BCUT2D eigenvalue weighted by Crippen LogP contribution is 2.39. The summed E-state index contributed by atoms with van der Waals surface area (Å²) in [6.07, 6.45) is 1.71. The molecule has 0 atom stereocenters. The second-order valence-corrected chi connectivity index (χ2v) is 13.9. The van der Waals surface area contributed by atoms with E-state index in [9.17, 15) is 5.11 Å². The Hall–Kier alpha value is -4.96. The lowest BCUT2D eigenvalue weighted by molar-refractivity contribution is 0.473. The lowest BCUT2D eigenvalue weighted by atomic mass is 9.84. The summed E-state index contributed by atoms with van der Waals surface area (Å²) >= 11 is 0. The van der Waals surface area contributed by atoms with E-state index < -0.39 is 0 Å². The van der Waals surface area contributed by atoms with Gasteiger partial charge in [-0.3, -0.25) is 4.99 Å². The first-order chi connectivity index (χ1) is 21.4. The molecule has 0 saturated carbocycles. The molecule has 0 unspecified atom stereocenters. The molecule has 0 amide bonds. The summed E-state index contributed by atoms with van der Waals surface area (Å²) in [5, 5.41) is 10.6. The van der Waals surface area contributed by atoms with E-state index in [1.807, 2.05) is 36.4 Å². The number of aromatic hydroxyl groups is 1. The molecule has 0 bridgehead atoms. The van der Waals surface area contributed by atoms with Crippen molar-refractivity contribution in [2.24, 2.45) is 4.99 Å². The highest BCUT2D eigenvalue weighted by molar-refractivity contribution is 5.95. The second kappa shape index (κ2) is 11.5. The van der Waals surface area contributed by atoms with Crippen LogP contribution in [-0.4, -0.2) is 16.3 Å². The zero-order valence-corrected chi connectivity index (χ0v) is 27.1. The van der Waals surface area contributed by atoms with Gasteiger partial charge < -0.3 is 9.52 Å². The van der Waals surface area contributed by atoms with Crippen molar-refractivity contribution in [3.63, 3.8) is 0 Å². The molecule has 226 valence electrons. The largest absolute Gasteiger partial charge is 0.507 e. The van der Waals surface area contributed by atoms with Crippen molar-refractivity contribution in [2.45, 2.75) is 59.3 Å². The summed E-state index contributed by atoms with van der Waals surface area (Å²) in [5.74, 6) is 0.700. The number of phenolic OH excluding ortho intramolecular Hbond substituents is 1. The molecular weight excluding hydrogens is 552 g/mol. The Morgan fingerprint density at radius 1 is 0.667 bits per heavy atom. The van der Waals surface area contributed by atoms with Gasteiger partial charge in [-0.15, -0.1) is 0 Å². The fourth-order valence-corrected chi connectivity index (χ4v) is 5.44. The van der Waals surface area contributed by atoms with Crippen molar-refractivity contribution < 1.29 is 9.52 Å². The molecule has 4 nitrogen and oxygen atoms in total. The number of nitrogens with zero attached hydrogens (tertiary/aromatic N) is 2. The number of rotatable bonds is 5. The third kappa shape index (κ3) is 6.32. The Balaban J connectivity index is 1.46. The normalized spacial score (nSPS) is 12.3. The van der Waals surface area contributed by atoms with Gasteiger partial charge in [0.2, 0.25) is 5.89 Å². The third-order valence-electron chi connectivity index (χ3n) is 8.29. The minimum atomic E-state index is -0.0870. The van der Waals surface area contributed by atoms with E-state index in [4.69, 9.17) is 14.4 Å². The van der Waals surface area contributed by atoms with Crippen LogP contribution in [0.5, 0.6) is 5.75 Å². The van der Waals surface area contributed by atoms with Gasteiger partial charge in [0.05, 0.1) is 11.3 Å². The highest BCUT2D eigenvalue weighted by atomic mass is 16.3. The molecule has 1 N–H and O–H groups in total. The summed E-state index contributed by atoms with van der Waals surface area (Å²) < 4.78 is 6.53. The van der Waals surface area contributed by atoms with Crippen LogP contribution in [0.2, 0.25) is 0 Å². The predicted molar refractivity (Wildman–Crippen MR) is 188 cm³/mol. The van der Waals surface area contributed by atoms with Crippen molar-refractivity contribution in [3.8, 4) is 39.5 Å². The van der Waals surface area contributed by atoms with E-state index in [0.29, 0.717) is 17.1 Å². The average molecular weight is 593 g/mol. The number of para-hydroxylation sites is 1. The van der Waals surface area contributed by atoms with Gasteiger partial charge in [0.15, 0.2) is 5.58 Å². The highest BCUT2D eigenvalue weighted by Gasteiger charge is 2.22. The minimum absolute atomic E-state index is 0.0460. The van der Waals surface area contributed by atoms with E-state index >= 15 is 0 Å². The Morgan fingerprint density at radius 2 is 1.38 bits per heavy atom. The smallest absolute Gasteiger partial charge is 0.229 e. The molecule has 0 aliphatic rings. The fourth-order valence-electron chi connectivity index (χ4n) is 5.44. The molecule has 1 aromatic heterocycles. The lowest BCUT2D eigenvalue weighted by Gasteiger charge is -2.20. The molecule has 4 heteroatoms. The molecule has 0 radical (unpaired) electrons. The van der Waals surface area contributed by atoms with Crippen molar-refractivity contribution in [2.75, 3.05) is 0 Å². The molecule has 0 aliphatic carbocycles. The molecule has 0 saturated heterocycles. The van der Waals surface area contributed by atoms with Crippen LogP contribution in [-0.2, 0) is 10.8 Å². The fraction of sp³-hybridized carbons (Fsp3) is 0.220. The maximum absolute atomic E-state index is 10.6. The van der Waals surface area contributed by atoms with Crippen LogP contribution in [0, 0.1) is 6.92 Å². The van der Waals surface area contributed by atoms with Crippen LogP contribution in [0.3, 0.4) is 0 Å². The summed E-state index contributed by atoms with van der Waals surface area (Å²) in [5.41, 5.74) is 11.6. The molecule has 1 heterocycles. The van der Waals surface area contributed by atoms with Gasteiger partial charge in [-0.1, -0.05) is 108 Å². The molecule has 6 aromatic rings. The standard InChI is InChI=1S/C41H40N2O2/c1-26-15-17-27(18-16-26)28-11-10-12-29(21-28)34-23-32(41(5,6)7)24-37-38(34)43-39(45-37)33-13-8-9-14-35(33)42-25-30-22-31(40(2,3)4)19-20-36(30)44/h8-25,44H,1-7H3. The number of aromatic nitrogens is 1. The number of benzene rings is 5. The Bertz CT molecular complexity index is 2030. The van der Waals surface area contributed by atoms with Gasteiger partial charge in [0, 0.05) is 17.3 Å². The zero-order valence-electron chi connectivity index (χ0n) is 27.1. The van der Waals surface area contributed by atoms with Gasteiger partial charge in [0.25, 0.3) is 0 Å². The van der Waals surface area contributed by atoms with E-state index in [-0.39, 0.29) is 16.6 Å². The molecule has 45 heavy (non-hydrogen) atoms. The summed E-state index contributed by atoms with van der Waals surface area (Å²) in [6, 6.07) is 35.1. The number of hydrogen-bond acceptors (Lipinski definition) is 4. The van der Waals surface area contributed by atoms with Crippen molar-refractivity contribution >= 4 is 23.0 Å². The van der Waals surface area contributed by atoms with Crippen molar-refractivity contribution in [3.05, 3.63) is 125 Å². The average Bonchev–Trinajstić information content (AvgIpc) is 3.44. The van der Waals surface area contributed by atoms with Crippen LogP contribution in [0.15, 0.2) is 113 Å². The maximum Gasteiger partial charge on any atom is 0.229 e. The SMILES string of the molecule is Cc1ccc(-c2cccc(-c3cc(C(C)(C)C)cc4oc(-c5ccccc5N=Cc5cc(C(C)(C)C)ccc5O)nc34)c2)cc1. The van der Waals surface area contributed by atoms with Crippen LogP contribution in [0.1, 0.15) is 63.8 Å². The van der Waals surface area contributed by atoms with Gasteiger partial charge in [0.1, 0.15) is 11.3 Å². The van der Waals surface area contributed by atoms with Crippen LogP contribution in [0.4, 0.5) is 5.69 Å². The topological polar surface area (TPSA) is 58.6 Å².